The molecule has 1 aromatic carbocycles. The molecular formula is C10H14N2. The predicted molar refractivity (Wildman–Crippen MR) is 52.6 cm³/mol. The summed E-state index contributed by atoms with van der Waals surface area (Å²) >= 11 is 0. The van der Waals surface area contributed by atoms with Crippen LogP contribution in [0.3, 0.4) is 0 Å². The fraction of sp³-hybridized carbons (Fsp3) is 0.300. The van der Waals surface area contributed by atoms with E-state index in [4.69, 9.17) is 0 Å². The molecule has 0 heterocycles. The first kappa shape index (κ1) is 8.78. The van der Waals surface area contributed by atoms with Crippen LogP contribution < -0.4 is 5.43 Å². The molecule has 0 spiro atoms. The Bertz CT molecular complexity index is 290. The third-order valence-electron chi connectivity index (χ3n) is 1.77. The number of nitrogens with zero attached hydrogens (tertiary/aromatic N) is 1. The maximum absolute atomic E-state index is 3.97. The Labute approximate surface area is 73.3 Å². The minimum atomic E-state index is 1.17. The van der Waals surface area contributed by atoms with E-state index in [1.807, 2.05) is 6.21 Å². The van der Waals surface area contributed by atoms with Crippen molar-refractivity contribution < 1.29 is 0 Å². The fourth-order valence-corrected chi connectivity index (χ4v) is 1.03. The Morgan fingerprint density at radius 3 is 2.75 bits per heavy atom. The highest BCUT2D eigenvalue weighted by Crippen LogP contribution is 2.07. The molecule has 0 aliphatic carbocycles. The lowest BCUT2D eigenvalue weighted by atomic mass is 10.1. The van der Waals surface area contributed by atoms with Gasteiger partial charge in [0.25, 0.3) is 0 Å². The number of hydrogen-bond acceptors (Lipinski definition) is 2. The highest BCUT2D eigenvalue weighted by Gasteiger charge is 1.93. The van der Waals surface area contributed by atoms with Crippen molar-refractivity contribution in [1.82, 2.24) is 5.43 Å². The highest BCUT2D eigenvalue weighted by molar-refractivity contribution is 5.81. The molecule has 0 unspecified atom stereocenters. The summed E-state index contributed by atoms with van der Waals surface area (Å²) in [5.74, 6) is 0. The van der Waals surface area contributed by atoms with Crippen LogP contribution in [0.5, 0.6) is 0 Å². The van der Waals surface area contributed by atoms with Crippen molar-refractivity contribution in [3.05, 3.63) is 34.9 Å². The van der Waals surface area contributed by atoms with Gasteiger partial charge in [-0.3, -0.25) is 0 Å². The van der Waals surface area contributed by atoms with Gasteiger partial charge in [0, 0.05) is 7.05 Å². The second-order valence-corrected chi connectivity index (χ2v) is 2.84. The molecule has 1 rings (SSSR count). The largest absolute Gasteiger partial charge is 0.313 e. The quantitative estimate of drug-likeness (QED) is 0.521. The summed E-state index contributed by atoms with van der Waals surface area (Å²) in [6.07, 6.45) is 1.84. The Balaban J connectivity index is 2.97. The number of rotatable bonds is 2. The van der Waals surface area contributed by atoms with E-state index in [9.17, 15) is 0 Å². The first-order chi connectivity index (χ1) is 5.74. The van der Waals surface area contributed by atoms with Crippen LogP contribution in [-0.4, -0.2) is 13.3 Å². The van der Waals surface area contributed by atoms with Gasteiger partial charge >= 0.3 is 0 Å². The topological polar surface area (TPSA) is 24.4 Å². The molecule has 0 amide bonds. The van der Waals surface area contributed by atoms with E-state index in [0.717, 1.165) is 0 Å². The second kappa shape index (κ2) is 3.90. The van der Waals surface area contributed by atoms with E-state index < -0.39 is 0 Å². The molecule has 0 radical (unpaired) electrons. The number of aryl methyl sites for hydroxylation is 2. The molecule has 0 aliphatic heterocycles. The molecular weight excluding hydrogens is 148 g/mol. The number of hydrazone groups is 1. The van der Waals surface area contributed by atoms with Crippen molar-refractivity contribution in [3.63, 3.8) is 0 Å². The molecule has 64 valence electrons. The number of benzene rings is 1. The van der Waals surface area contributed by atoms with Crippen LogP contribution in [0.25, 0.3) is 0 Å². The molecule has 1 N–H and O–H groups in total. The molecule has 0 bridgehead atoms. The summed E-state index contributed by atoms with van der Waals surface area (Å²) in [7, 11) is 1.79. The molecule has 1 aromatic rings. The molecule has 2 heteroatoms. The van der Waals surface area contributed by atoms with Gasteiger partial charge < -0.3 is 5.43 Å². The van der Waals surface area contributed by atoms with Gasteiger partial charge in [-0.1, -0.05) is 23.8 Å². The van der Waals surface area contributed by atoms with E-state index in [0.29, 0.717) is 0 Å². The van der Waals surface area contributed by atoms with Gasteiger partial charge in [0.15, 0.2) is 0 Å². The molecule has 0 aliphatic rings. The number of hydrogen-bond donors (Lipinski definition) is 1. The highest BCUT2D eigenvalue weighted by atomic mass is 15.3. The third-order valence-corrected chi connectivity index (χ3v) is 1.77. The van der Waals surface area contributed by atoms with Crippen molar-refractivity contribution in [1.29, 1.82) is 0 Å². The average molecular weight is 162 g/mol. The molecule has 0 fully saturated rings. The summed E-state index contributed by atoms with van der Waals surface area (Å²) in [4.78, 5) is 0. The summed E-state index contributed by atoms with van der Waals surface area (Å²) in [6, 6.07) is 6.33. The zero-order valence-electron chi connectivity index (χ0n) is 7.76. The first-order valence-electron chi connectivity index (χ1n) is 4.01. The Morgan fingerprint density at radius 2 is 2.08 bits per heavy atom. The lowest BCUT2D eigenvalue weighted by Crippen LogP contribution is -1.96. The monoisotopic (exact) mass is 162 g/mol. The van der Waals surface area contributed by atoms with Crippen molar-refractivity contribution in [2.75, 3.05) is 7.05 Å². The maximum Gasteiger partial charge on any atom is 0.0543 e. The minimum absolute atomic E-state index is 1.17. The van der Waals surface area contributed by atoms with Crippen LogP contribution in [0.2, 0.25) is 0 Å². The van der Waals surface area contributed by atoms with E-state index in [1.54, 1.807) is 7.05 Å². The normalized spacial score (nSPS) is 10.6. The van der Waals surface area contributed by atoms with Gasteiger partial charge in [0.2, 0.25) is 0 Å². The third kappa shape index (κ3) is 2.09. The van der Waals surface area contributed by atoms with E-state index in [1.165, 1.54) is 16.7 Å². The molecule has 0 aromatic heterocycles. The van der Waals surface area contributed by atoms with Gasteiger partial charge in [-0.2, -0.15) is 5.10 Å². The standard InChI is InChI=1S/C10H14N2/c1-8-4-5-9(2)10(6-8)7-12-11-3/h4-7,11H,1-3H3/b12-7+. The van der Waals surface area contributed by atoms with Crippen molar-refractivity contribution in [2.24, 2.45) is 5.10 Å². The van der Waals surface area contributed by atoms with Crippen LogP contribution in [0.4, 0.5) is 0 Å². The Hall–Kier alpha value is -1.31. The van der Waals surface area contributed by atoms with Crippen LogP contribution in [0, 0.1) is 13.8 Å². The van der Waals surface area contributed by atoms with Crippen molar-refractivity contribution in [2.45, 2.75) is 13.8 Å². The lowest BCUT2D eigenvalue weighted by molar-refractivity contribution is 0.907. The van der Waals surface area contributed by atoms with Gasteiger partial charge in [-0.05, 0) is 25.0 Å². The zero-order valence-corrected chi connectivity index (χ0v) is 7.76. The summed E-state index contributed by atoms with van der Waals surface area (Å²) in [6.45, 7) is 4.16. The summed E-state index contributed by atoms with van der Waals surface area (Å²) in [5, 5.41) is 3.97. The Kier molecular flexibility index (Phi) is 2.86. The van der Waals surface area contributed by atoms with Crippen molar-refractivity contribution in [3.8, 4) is 0 Å². The van der Waals surface area contributed by atoms with Crippen molar-refractivity contribution >= 4 is 6.21 Å². The van der Waals surface area contributed by atoms with Gasteiger partial charge in [0.05, 0.1) is 6.21 Å². The second-order valence-electron chi connectivity index (χ2n) is 2.84. The zero-order chi connectivity index (χ0) is 8.97. The molecule has 12 heavy (non-hydrogen) atoms. The molecule has 0 saturated carbocycles. The average Bonchev–Trinajstić information content (AvgIpc) is 2.07. The van der Waals surface area contributed by atoms with E-state index in [-0.39, 0.29) is 0 Å². The van der Waals surface area contributed by atoms with Crippen LogP contribution in [0.1, 0.15) is 16.7 Å². The molecule has 0 atom stereocenters. The van der Waals surface area contributed by atoms with Crippen LogP contribution in [0.15, 0.2) is 23.3 Å². The SMILES string of the molecule is CN/N=C/c1cc(C)ccc1C. The summed E-state index contributed by atoms with van der Waals surface area (Å²) < 4.78 is 0. The molecule has 2 nitrogen and oxygen atoms in total. The Morgan fingerprint density at radius 1 is 1.33 bits per heavy atom. The molecule has 0 saturated heterocycles. The van der Waals surface area contributed by atoms with Gasteiger partial charge in [-0.15, -0.1) is 0 Å². The van der Waals surface area contributed by atoms with Crippen LogP contribution in [-0.2, 0) is 0 Å². The van der Waals surface area contributed by atoms with Gasteiger partial charge in [-0.25, -0.2) is 0 Å². The first-order valence-corrected chi connectivity index (χ1v) is 4.01. The number of nitrogens with one attached hydrogen (secondary N) is 1. The van der Waals surface area contributed by atoms with E-state index in [2.05, 4.69) is 42.6 Å². The van der Waals surface area contributed by atoms with E-state index >= 15 is 0 Å². The maximum atomic E-state index is 3.97. The van der Waals surface area contributed by atoms with Gasteiger partial charge in [0.1, 0.15) is 0 Å². The fourth-order valence-electron chi connectivity index (χ4n) is 1.03. The minimum Gasteiger partial charge on any atom is -0.313 e. The predicted octanol–water partition coefficient (Wildman–Crippen LogP) is 1.86. The van der Waals surface area contributed by atoms with Crippen LogP contribution >= 0.6 is 0 Å². The summed E-state index contributed by atoms with van der Waals surface area (Å²) in [5.41, 5.74) is 6.41. The lowest BCUT2D eigenvalue weighted by Gasteiger charge is -2.00. The smallest absolute Gasteiger partial charge is 0.0543 e.